The summed E-state index contributed by atoms with van der Waals surface area (Å²) in [5.74, 6) is 1.69. The number of allylic oxidation sites excluding steroid dienone is 1. The Balaban J connectivity index is 1.47. The van der Waals surface area contributed by atoms with Gasteiger partial charge in [-0.3, -0.25) is 14.9 Å². The van der Waals surface area contributed by atoms with E-state index >= 15 is 0 Å². The van der Waals surface area contributed by atoms with Crippen molar-refractivity contribution < 1.29 is 9.72 Å². The fraction of sp³-hybridized carbons (Fsp3) is 0.864. The van der Waals surface area contributed by atoms with Crippen LogP contribution in [0.1, 0.15) is 78.1 Å². The Kier molecular flexibility index (Phi) is 3.89. The summed E-state index contributed by atoms with van der Waals surface area (Å²) in [6, 6.07) is 1.41. The van der Waals surface area contributed by atoms with Gasteiger partial charge in [-0.25, -0.2) is 0 Å². The predicted molar refractivity (Wildman–Crippen MR) is 103 cm³/mol. The number of nitrogens with one attached hydrogen (secondary N) is 1. The van der Waals surface area contributed by atoms with E-state index in [2.05, 4.69) is 19.2 Å². The van der Waals surface area contributed by atoms with Crippen LogP contribution in [0.15, 0.2) is 11.3 Å². The number of carbonyl (C=O) groups is 1. The smallest absolute Gasteiger partial charge is 0.311 e. The number of fused-ring (bicyclic) bond motifs is 5. The van der Waals surface area contributed by atoms with Crippen LogP contribution < -0.4 is 5.32 Å². The number of nitrogens with zero attached hydrogens (tertiary/aromatic N) is 1. The highest BCUT2D eigenvalue weighted by atomic mass is 16.6. The van der Waals surface area contributed by atoms with Crippen LogP contribution in [-0.4, -0.2) is 22.8 Å². The molecule has 148 valence electrons. The monoisotopic (exact) mass is 372 g/mol. The first-order chi connectivity index (χ1) is 12.8. The average Bonchev–Trinajstić information content (AvgIpc) is 3.37. The molecule has 0 heterocycles. The molecule has 5 heteroatoms. The number of carbonyl (C=O) groups excluding carboxylic acids is 1. The summed E-state index contributed by atoms with van der Waals surface area (Å²) in [7, 11) is 0. The number of hydrogen-bond acceptors (Lipinski definition) is 4. The quantitative estimate of drug-likeness (QED) is 0.594. The third kappa shape index (κ3) is 2.49. The first-order valence-corrected chi connectivity index (χ1v) is 11.0. The molecule has 1 N–H and O–H groups in total. The number of Topliss-reactive ketones (excluding diaryl/α,β-unsaturated/α-hetero) is 1. The van der Waals surface area contributed by atoms with Crippen LogP contribution in [0.5, 0.6) is 0 Å². The SMILES string of the molecule is C[C@]12CCC(=O)C([N+](=O)[O-])=C1CC[C@@H]1[C@H]2CC[C@]2(C)C(NC3CC3)CC[C@@H]12. The fourth-order valence-corrected chi connectivity index (χ4v) is 7.71. The van der Waals surface area contributed by atoms with Gasteiger partial charge >= 0.3 is 5.70 Å². The zero-order valence-electron chi connectivity index (χ0n) is 16.6. The molecule has 0 aromatic carbocycles. The van der Waals surface area contributed by atoms with Gasteiger partial charge in [0.1, 0.15) is 0 Å². The van der Waals surface area contributed by atoms with Gasteiger partial charge in [0.15, 0.2) is 0 Å². The van der Waals surface area contributed by atoms with E-state index in [4.69, 9.17) is 0 Å². The molecule has 5 nitrogen and oxygen atoms in total. The highest BCUT2D eigenvalue weighted by Crippen LogP contribution is 2.65. The summed E-state index contributed by atoms with van der Waals surface area (Å²) in [5, 5.41) is 15.6. The molecule has 0 amide bonds. The maximum absolute atomic E-state index is 12.3. The lowest BCUT2D eigenvalue weighted by molar-refractivity contribution is -0.422. The van der Waals surface area contributed by atoms with Crippen molar-refractivity contribution in [3.8, 4) is 0 Å². The lowest BCUT2D eigenvalue weighted by atomic mass is 9.47. The zero-order chi connectivity index (χ0) is 19.0. The number of hydrogen-bond donors (Lipinski definition) is 1. The topological polar surface area (TPSA) is 72.2 Å². The van der Waals surface area contributed by atoms with E-state index in [1.807, 2.05) is 0 Å². The third-order valence-corrected chi connectivity index (χ3v) is 9.29. The number of ketones is 1. The van der Waals surface area contributed by atoms with Crippen molar-refractivity contribution in [3.05, 3.63) is 21.4 Å². The second kappa shape index (κ2) is 5.88. The number of rotatable bonds is 3. The summed E-state index contributed by atoms with van der Waals surface area (Å²) in [4.78, 5) is 23.5. The van der Waals surface area contributed by atoms with Gasteiger partial charge in [0, 0.05) is 24.1 Å². The van der Waals surface area contributed by atoms with E-state index in [1.165, 1.54) is 38.5 Å². The van der Waals surface area contributed by atoms with Crippen LogP contribution in [0, 0.1) is 38.7 Å². The van der Waals surface area contributed by atoms with E-state index in [0.29, 0.717) is 29.7 Å². The minimum Gasteiger partial charge on any atom is -0.311 e. The van der Waals surface area contributed by atoms with Crippen molar-refractivity contribution in [1.82, 2.24) is 5.32 Å². The normalized spacial score (nSPS) is 46.7. The first-order valence-electron chi connectivity index (χ1n) is 11.0. The zero-order valence-corrected chi connectivity index (χ0v) is 16.6. The molecular formula is C22H32N2O3. The fourth-order valence-electron chi connectivity index (χ4n) is 7.71. The highest BCUT2D eigenvalue weighted by molar-refractivity contribution is 5.95. The van der Waals surface area contributed by atoms with E-state index < -0.39 is 0 Å². The summed E-state index contributed by atoms with van der Waals surface area (Å²) >= 11 is 0. The maximum atomic E-state index is 12.3. The summed E-state index contributed by atoms with van der Waals surface area (Å²) in [5.41, 5.74) is 1.09. The maximum Gasteiger partial charge on any atom is 0.311 e. The Morgan fingerprint density at radius 1 is 1.00 bits per heavy atom. The molecule has 0 aliphatic heterocycles. The minimum absolute atomic E-state index is 0.0461. The molecule has 27 heavy (non-hydrogen) atoms. The molecule has 5 rings (SSSR count). The molecule has 1 unspecified atom stereocenters. The Bertz CT molecular complexity index is 727. The average molecular weight is 373 g/mol. The van der Waals surface area contributed by atoms with Gasteiger partial charge in [-0.05, 0) is 86.4 Å². The molecule has 0 radical (unpaired) electrons. The van der Waals surface area contributed by atoms with E-state index in [-0.39, 0.29) is 21.8 Å². The summed E-state index contributed by atoms with van der Waals surface area (Å²) < 4.78 is 0. The molecule has 0 bridgehead atoms. The molecule has 5 aliphatic carbocycles. The first kappa shape index (κ1) is 17.8. The molecule has 4 saturated carbocycles. The largest absolute Gasteiger partial charge is 0.311 e. The van der Waals surface area contributed by atoms with Gasteiger partial charge in [0.05, 0.1) is 4.92 Å². The second-order valence-corrected chi connectivity index (χ2v) is 10.5. The van der Waals surface area contributed by atoms with E-state index in [0.717, 1.165) is 36.8 Å². The Hall–Kier alpha value is -1.23. The van der Waals surface area contributed by atoms with Crippen LogP contribution in [-0.2, 0) is 4.79 Å². The van der Waals surface area contributed by atoms with Crippen LogP contribution in [0.4, 0.5) is 0 Å². The molecule has 0 spiro atoms. The molecule has 6 atom stereocenters. The Morgan fingerprint density at radius 3 is 2.48 bits per heavy atom. The van der Waals surface area contributed by atoms with Crippen molar-refractivity contribution in [2.24, 2.45) is 28.6 Å². The molecule has 4 fully saturated rings. The lowest BCUT2D eigenvalue weighted by Crippen LogP contribution is -2.54. The van der Waals surface area contributed by atoms with E-state index in [1.54, 1.807) is 0 Å². The van der Waals surface area contributed by atoms with Crippen molar-refractivity contribution in [2.45, 2.75) is 90.1 Å². The highest BCUT2D eigenvalue weighted by Gasteiger charge is 2.61. The molecule has 5 aliphatic rings. The molecule has 0 saturated heterocycles. The lowest BCUT2D eigenvalue weighted by Gasteiger charge is -2.57. The number of nitro groups is 1. The third-order valence-electron chi connectivity index (χ3n) is 9.29. The molecule has 0 aromatic heterocycles. The second-order valence-electron chi connectivity index (χ2n) is 10.5. The van der Waals surface area contributed by atoms with Gasteiger partial charge < -0.3 is 5.32 Å². The van der Waals surface area contributed by atoms with Crippen molar-refractivity contribution >= 4 is 5.78 Å². The van der Waals surface area contributed by atoms with E-state index in [9.17, 15) is 14.9 Å². The van der Waals surface area contributed by atoms with Crippen molar-refractivity contribution in [1.29, 1.82) is 0 Å². The summed E-state index contributed by atoms with van der Waals surface area (Å²) in [6.07, 6.45) is 10.6. The Morgan fingerprint density at radius 2 is 1.78 bits per heavy atom. The van der Waals surface area contributed by atoms with Gasteiger partial charge in [-0.1, -0.05) is 13.8 Å². The van der Waals surface area contributed by atoms with Crippen molar-refractivity contribution in [2.75, 3.05) is 0 Å². The van der Waals surface area contributed by atoms with Gasteiger partial charge in [-0.2, -0.15) is 0 Å². The van der Waals surface area contributed by atoms with Crippen LogP contribution in [0.3, 0.4) is 0 Å². The predicted octanol–water partition coefficient (Wildman–Crippen LogP) is 4.24. The van der Waals surface area contributed by atoms with Crippen LogP contribution in [0.25, 0.3) is 0 Å². The minimum atomic E-state index is -0.381. The van der Waals surface area contributed by atoms with Gasteiger partial charge in [0.2, 0.25) is 5.78 Å². The van der Waals surface area contributed by atoms with Gasteiger partial charge in [0.25, 0.3) is 0 Å². The van der Waals surface area contributed by atoms with Gasteiger partial charge in [-0.15, -0.1) is 0 Å². The van der Waals surface area contributed by atoms with Crippen molar-refractivity contribution in [3.63, 3.8) is 0 Å². The molecular weight excluding hydrogens is 340 g/mol. The molecule has 0 aromatic rings. The standard InChI is InChI=1S/C22H32N2O3/c1-21-12-10-18(25)20(24(26)27)17(21)6-5-14-15-7-8-19(23-13-3-4-13)22(15,2)11-9-16(14)21/h13-16,19,23H,3-12H2,1-2H3/t14-,15-,16+,19?,21+,22-/m0/s1. The van der Waals surface area contributed by atoms with Crippen LogP contribution >= 0.6 is 0 Å². The summed E-state index contributed by atoms with van der Waals surface area (Å²) in [6.45, 7) is 4.76. The van der Waals surface area contributed by atoms with Crippen LogP contribution in [0.2, 0.25) is 0 Å². The Labute approximate surface area is 161 Å².